The summed E-state index contributed by atoms with van der Waals surface area (Å²) < 4.78 is 0. The molecule has 0 amide bonds. The SMILES string of the molecule is O=C(C[S+]1CCCCC1)c1ccccc1. The Labute approximate surface area is 94.2 Å². The standard InChI is InChI=1S/C13H17OS/c14-13(12-7-3-1-4-8-12)11-15-9-5-2-6-10-15/h1,3-4,7-8H,2,5-6,9-11H2/q+1. The number of Topliss-reactive ketones (excluding diaryl/α,β-unsaturated/α-hetero) is 1. The lowest BCUT2D eigenvalue weighted by Crippen LogP contribution is -2.25. The Morgan fingerprint density at radius 2 is 1.73 bits per heavy atom. The molecule has 0 radical (unpaired) electrons. The second kappa shape index (κ2) is 5.36. The molecule has 1 fully saturated rings. The van der Waals surface area contributed by atoms with Gasteiger partial charge in [0.2, 0.25) is 5.78 Å². The molecule has 0 spiro atoms. The Morgan fingerprint density at radius 3 is 2.40 bits per heavy atom. The molecule has 1 saturated heterocycles. The predicted molar refractivity (Wildman–Crippen MR) is 66.6 cm³/mol. The minimum absolute atomic E-state index is 0.334. The number of benzene rings is 1. The molecule has 2 heteroatoms. The second-order valence-electron chi connectivity index (χ2n) is 4.01. The van der Waals surface area contributed by atoms with E-state index in [1.807, 2.05) is 30.3 Å². The lowest BCUT2D eigenvalue weighted by Gasteiger charge is -2.12. The number of hydrogen-bond donors (Lipinski definition) is 0. The highest BCUT2D eigenvalue weighted by Crippen LogP contribution is 2.15. The first kappa shape index (κ1) is 10.7. The van der Waals surface area contributed by atoms with Crippen LogP contribution in [0.5, 0.6) is 0 Å². The van der Waals surface area contributed by atoms with Crippen LogP contribution in [-0.2, 0) is 10.9 Å². The molecule has 1 aliphatic rings. The van der Waals surface area contributed by atoms with Crippen molar-refractivity contribution in [3.63, 3.8) is 0 Å². The third kappa shape index (κ3) is 3.10. The first-order valence-corrected chi connectivity index (χ1v) is 7.32. The normalized spacial score (nSPS) is 17.6. The van der Waals surface area contributed by atoms with Gasteiger partial charge in [0.1, 0.15) is 11.5 Å². The molecule has 0 aliphatic carbocycles. The molecular formula is C13H17OS+. The maximum Gasteiger partial charge on any atom is 0.211 e. The Kier molecular flexibility index (Phi) is 3.84. The average molecular weight is 221 g/mol. The Hall–Kier alpha value is -0.760. The van der Waals surface area contributed by atoms with Crippen molar-refractivity contribution < 1.29 is 4.79 Å². The molecule has 0 atom stereocenters. The monoisotopic (exact) mass is 221 g/mol. The topological polar surface area (TPSA) is 17.1 Å². The quantitative estimate of drug-likeness (QED) is 0.566. The van der Waals surface area contributed by atoms with Crippen LogP contribution in [0.2, 0.25) is 0 Å². The first-order chi connectivity index (χ1) is 7.36. The summed E-state index contributed by atoms with van der Waals surface area (Å²) in [6, 6.07) is 9.69. The van der Waals surface area contributed by atoms with Gasteiger partial charge in [0.05, 0.1) is 0 Å². The van der Waals surface area contributed by atoms with Crippen LogP contribution in [0.4, 0.5) is 0 Å². The van der Waals surface area contributed by atoms with Gasteiger partial charge in [-0.3, -0.25) is 4.79 Å². The zero-order chi connectivity index (χ0) is 10.5. The van der Waals surface area contributed by atoms with Gasteiger partial charge in [0.15, 0.2) is 5.75 Å². The van der Waals surface area contributed by atoms with E-state index in [0.29, 0.717) is 16.7 Å². The lowest BCUT2D eigenvalue weighted by atomic mass is 10.2. The summed E-state index contributed by atoms with van der Waals surface area (Å²) in [6.07, 6.45) is 4.01. The van der Waals surface area contributed by atoms with E-state index >= 15 is 0 Å². The van der Waals surface area contributed by atoms with Crippen molar-refractivity contribution in [3.8, 4) is 0 Å². The number of ketones is 1. The van der Waals surface area contributed by atoms with Gasteiger partial charge in [-0.05, 0) is 30.2 Å². The third-order valence-corrected chi connectivity index (χ3v) is 5.20. The Morgan fingerprint density at radius 1 is 1.07 bits per heavy atom. The highest BCUT2D eigenvalue weighted by atomic mass is 32.2. The minimum atomic E-state index is 0.334. The lowest BCUT2D eigenvalue weighted by molar-refractivity contribution is 0.102. The van der Waals surface area contributed by atoms with E-state index in [4.69, 9.17) is 0 Å². The molecule has 1 nitrogen and oxygen atoms in total. The molecule has 1 heterocycles. The molecule has 0 N–H and O–H groups in total. The van der Waals surface area contributed by atoms with Crippen LogP contribution in [-0.4, -0.2) is 23.0 Å². The van der Waals surface area contributed by atoms with Crippen molar-refractivity contribution in [1.29, 1.82) is 0 Å². The number of carbonyl (C=O) groups is 1. The average Bonchev–Trinajstić information content (AvgIpc) is 2.31. The summed E-state index contributed by atoms with van der Waals surface area (Å²) in [5.41, 5.74) is 0.885. The molecule has 0 bridgehead atoms. The maximum absolute atomic E-state index is 11.9. The second-order valence-corrected chi connectivity index (χ2v) is 6.34. The summed E-state index contributed by atoms with van der Waals surface area (Å²) in [6.45, 7) is 0. The molecule has 1 aliphatic heterocycles. The summed E-state index contributed by atoms with van der Waals surface area (Å²) >= 11 is 0. The van der Waals surface area contributed by atoms with Gasteiger partial charge in [0.25, 0.3) is 0 Å². The van der Waals surface area contributed by atoms with E-state index in [9.17, 15) is 4.79 Å². The largest absolute Gasteiger partial charge is 0.289 e. The molecule has 80 valence electrons. The highest BCUT2D eigenvalue weighted by molar-refractivity contribution is 7.97. The smallest absolute Gasteiger partial charge is 0.211 e. The predicted octanol–water partition coefficient (Wildman–Crippen LogP) is 2.67. The van der Waals surface area contributed by atoms with Crippen LogP contribution in [0.3, 0.4) is 0 Å². The first-order valence-electron chi connectivity index (χ1n) is 5.58. The van der Waals surface area contributed by atoms with Gasteiger partial charge in [-0.2, -0.15) is 0 Å². The van der Waals surface area contributed by atoms with Gasteiger partial charge in [0, 0.05) is 5.56 Å². The van der Waals surface area contributed by atoms with E-state index in [2.05, 4.69) is 0 Å². The van der Waals surface area contributed by atoms with Crippen LogP contribution in [0.1, 0.15) is 29.6 Å². The summed E-state index contributed by atoms with van der Waals surface area (Å²) in [5.74, 6) is 3.67. The van der Waals surface area contributed by atoms with Gasteiger partial charge in [-0.25, -0.2) is 0 Å². The zero-order valence-electron chi connectivity index (χ0n) is 8.95. The molecule has 15 heavy (non-hydrogen) atoms. The minimum Gasteiger partial charge on any atom is -0.289 e. The van der Waals surface area contributed by atoms with Gasteiger partial charge < -0.3 is 0 Å². The number of carbonyl (C=O) groups excluding carboxylic acids is 1. The van der Waals surface area contributed by atoms with E-state index < -0.39 is 0 Å². The van der Waals surface area contributed by atoms with Crippen molar-refractivity contribution in [2.24, 2.45) is 0 Å². The van der Waals surface area contributed by atoms with Crippen molar-refractivity contribution in [1.82, 2.24) is 0 Å². The van der Waals surface area contributed by atoms with E-state index in [0.717, 1.165) is 11.3 Å². The molecule has 0 aromatic heterocycles. The highest BCUT2D eigenvalue weighted by Gasteiger charge is 2.25. The van der Waals surface area contributed by atoms with Gasteiger partial charge in [-0.1, -0.05) is 30.3 Å². The number of rotatable bonds is 3. The summed E-state index contributed by atoms with van der Waals surface area (Å²) in [7, 11) is 0.375. The molecule has 2 rings (SSSR count). The molecular weight excluding hydrogens is 204 g/mol. The fraction of sp³-hybridized carbons (Fsp3) is 0.462. The van der Waals surface area contributed by atoms with Crippen molar-refractivity contribution >= 4 is 16.7 Å². The summed E-state index contributed by atoms with van der Waals surface area (Å²) in [5, 5.41) is 0. The zero-order valence-corrected chi connectivity index (χ0v) is 9.76. The molecule has 0 saturated carbocycles. The molecule has 1 aromatic rings. The fourth-order valence-corrected chi connectivity index (χ4v) is 4.18. The van der Waals surface area contributed by atoms with E-state index in [1.54, 1.807) is 0 Å². The Bertz CT molecular complexity index is 315. The van der Waals surface area contributed by atoms with E-state index in [1.165, 1.54) is 30.8 Å². The van der Waals surface area contributed by atoms with Crippen LogP contribution < -0.4 is 0 Å². The fourth-order valence-electron chi connectivity index (χ4n) is 1.93. The molecule has 0 unspecified atom stereocenters. The molecule has 1 aromatic carbocycles. The van der Waals surface area contributed by atoms with Crippen LogP contribution in [0.25, 0.3) is 0 Å². The Balaban J connectivity index is 1.91. The maximum atomic E-state index is 11.9. The van der Waals surface area contributed by atoms with Crippen LogP contribution >= 0.6 is 0 Å². The van der Waals surface area contributed by atoms with E-state index in [-0.39, 0.29) is 0 Å². The third-order valence-electron chi connectivity index (χ3n) is 2.80. The van der Waals surface area contributed by atoms with Gasteiger partial charge >= 0.3 is 0 Å². The van der Waals surface area contributed by atoms with Crippen LogP contribution in [0.15, 0.2) is 30.3 Å². The van der Waals surface area contributed by atoms with Crippen molar-refractivity contribution in [2.45, 2.75) is 19.3 Å². The van der Waals surface area contributed by atoms with Gasteiger partial charge in [-0.15, -0.1) is 0 Å². The van der Waals surface area contributed by atoms with Crippen molar-refractivity contribution in [3.05, 3.63) is 35.9 Å². The van der Waals surface area contributed by atoms with Crippen molar-refractivity contribution in [2.75, 3.05) is 17.3 Å². The summed E-state index contributed by atoms with van der Waals surface area (Å²) in [4.78, 5) is 11.9. The number of hydrogen-bond acceptors (Lipinski definition) is 1. The van der Waals surface area contributed by atoms with Crippen LogP contribution in [0, 0.1) is 0 Å².